The van der Waals surface area contributed by atoms with Gasteiger partial charge in [0.1, 0.15) is 0 Å². The van der Waals surface area contributed by atoms with Crippen molar-refractivity contribution >= 4 is 15.9 Å². The lowest BCUT2D eigenvalue weighted by Crippen LogP contribution is -2.36. The first-order valence-corrected chi connectivity index (χ1v) is 11.7. The van der Waals surface area contributed by atoms with Gasteiger partial charge in [0.15, 0.2) is 0 Å². The molecule has 3 rings (SSSR count). The zero-order valence-electron chi connectivity index (χ0n) is 16.0. The predicted octanol–water partition coefficient (Wildman–Crippen LogP) is 3.62. The second-order valence-electron chi connectivity index (χ2n) is 7.53. The number of nitrogens with zero attached hydrogens (tertiary/aromatic N) is 1. The van der Waals surface area contributed by atoms with E-state index in [9.17, 15) is 13.2 Å². The molecule has 148 valence electrons. The van der Waals surface area contributed by atoms with Crippen molar-refractivity contribution in [2.75, 3.05) is 19.6 Å². The SMILES string of the molecule is O=C(NCCC1=CCCCC1)c1ccc(CS(=O)(=O)N2CCCCC2)cc1. The standard InChI is InChI=1S/C21H30N2O3S/c24-21(22-14-13-18-7-3-1-4-8-18)20-11-9-19(10-12-20)17-27(25,26)23-15-5-2-6-16-23/h7,9-12H,1-6,8,13-17H2,(H,22,24). The normalized spacial score (nSPS) is 18.7. The van der Waals surface area contributed by atoms with E-state index in [1.54, 1.807) is 28.6 Å². The van der Waals surface area contributed by atoms with E-state index in [0.717, 1.165) is 44.1 Å². The molecule has 1 fully saturated rings. The van der Waals surface area contributed by atoms with E-state index in [-0.39, 0.29) is 11.7 Å². The number of nitrogens with one attached hydrogen (secondary N) is 1. The number of carbonyl (C=O) groups excluding carboxylic acids is 1. The number of benzene rings is 1. The molecular formula is C21H30N2O3S. The monoisotopic (exact) mass is 390 g/mol. The molecule has 27 heavy (non-hydrogen) atoms. The third-order valence-corrected chi connectivity index (χ3v) is 7.24. The van der Waals surface area contributed by atoms with Gasteiger partial charge in [-0.15, -0.1) is 0 Å². The van der Waals surface area contributed by atoms with Crippen molar-refractivity contribution < 1.29 is 13.2 Å². The third-order valence-electron chi connectivity index (χ3n) is 5.39. The van der Waals surface area contributed by atoms with Gasteiger partial charge < -0.3 is 5.32 Å². The van der Waals surface area contributed by atoms with Crippen LogP contribution in [0.4, 0.5) is 0 Å². The Hall–Kier alpha value is -1.66. The molecule has 1 saturated heterocycles. The summed E-state index contributed by atoms with van der Waals surface area (Å²) >= 11 is 0. The number of amides is 1. The highest BCUT2D eigenvalue weighted by Crippen LogP contribution is 2.20. The predicted molar refractivity (Wildman–Crippen MR) is 108 cm³/mol. The summed E-state index contributed by atoms with van der Waals surface area (Å²) in [4.78, 5) is 12.3. The van der Waals surface area contributed by atoms with Gasteiger partial charge in [0.2, 0.25) is 10.0 Å². The van der Waals surface area contributed by atoms with Gasteiger partial charge in [-0.2, -0.15) is 0 Å². The van der Waals surface area contributed by atoms with E-state index in [0.29, 0.717) is 25.2 Å². The quantitative estimate of drug-likeness (QED) is 0.723. The van der Waals surface area contributed by atoms with Gasteiger partial charge >= 0.3 is 0 Å². The topological polar surface area (TPSA) is 66.5 Å². The maximum absolute atomic E-state index is 12.5. The van der Waals surface area contributed by atoms with Gasteiger partial charge in [-0.3, -0.25) is 4.79 Å². The Morgan fingerprint density at radius 2 is 1.74 bits per heavy atom. The number of hydrogen-bond acceptors (Lipinski definition) is 3. The van der Waals surface area contributed by atoms with E-state index < -0.39 is 10.0 Å². The van der Waals surface area contributed by atoms with E-state index in [2.05, 4.69) is 11.4 Å². The molecule has 0 unspecified atom stereocenters. The summed E-state index contributed by atoms with van der Waals surface area (Å²) < 4.78 is 26.6. The van der Waals surface area contributed by atoms with Gasteiger partial charge in [0, 0.05) is 25.2 Å². The maximum atomic E-state index is 12.5. The summed E-state index contributed by atoms with van der Waals surface area (Å²) in [6.45, 7) is 1.90. The smallest absolute Gasteiger partial charge is 0.251 e. The molecule has 1 aromatic rings. The van der Waals surface area contributed by atoms with Crippen LogP contribution in [-0.4, -0.2) is 38.3 Å². The zero-order valence-corrected chi connectivity index (χ0v) is 16.8. The van der Waals surface area contributed by atoms with E-state index in [1.165, 1.54) is 18.4 Å². The first-order valence-electron chi connectivity index (χ1n) is 10.1. The molecule has 5 nitrogen and oxygen atoms in total. The highest BCUT2D eigenvalue weighted by atomic mass is 32.2. The summed E-state index contributed by atoms with van der Waals surface area (Å²) in [6, 6.07) is 6.94. The lowest BCUT2D eigenvalue weighted by molar-refractivity contribution is 0.0954. The van der Waals surface area contributed by atoms with Crippen LogP contribution in [0.5, 0.6) is 0 Å². The lowest BCUT2D eigenvalue weighted by Gasteiger charge is -2.25. The fraction of sp³-hybridized carbons (Fsp3) is 0.571. The van der Waals surface area contributed by atoms with Gasteiger partial charge in [-0.25, -0.2) is 12.7 Å². The Bertz CT molecular complexity index is 763. The molecule has 6 heteroatoms. The van der Waals surface area contributed by atoms with Crippen LogP contribution < -0.4 is 5.32 Å². The molecule has 0 aromatic heterocycles. The summed E-state index contributed by atoms with van der Waals surface area (Å²) in [5, 5.41) is 2.96. The molecule has 1 aromatic carbocycles. The first kappa shape index (κ1) is 20.1. The number of hydrogen-bond donors (Lipinski definition) is 1. The fourth-order valence-corrected chi connectivity index (χ4v) is 5.38. The molecule has 0 saturated carbocycles. The molecule has 1 aliphatic heterocycles. The largest absolute Gasteiger partial charge is 0.352 e. The van der Waals surface area contributed by atoms with E-state index >= 15 is 0 Å². The Morgan fingerprint density at radius 3 is 2.41 bits per heavy atom. The molecule has 1 heterocycles. The van der Waals surface area contributed by atoms with E-state index in [1.807, 2.05) is 0 Å². The molecule has 0 bridgehead atoms. The van der Waals surface area contributed by atoms with Crippen LogP contribution in [-0.2, 0) is 15.8 Å². The molecule has 1 N–H and O–H groups in total. The Kier molecular flexibility index (Phi) is 7.07. The van der Waals surface area contributed by atoms with Crippen LogP contribution in [0.1, 0.15) is 67.3 Å². The molecule has 2 aliphatic rings. The minimum atomic E-state index is -3.27. The number of piperidine rings is 1. The Morgan fingerprint density at radius 1 is 1.00 bits per heavy atom. The molecule has 1 amide bonds. The van der Waals surface area contributed by atoms with Gasteiger partial charge in [0.05, 0.1) is 5.75 Å². The van der Waals surface area contributed by atoms with Crippen molar-refractivity contribution in [3.63, 3.8) is 0 Å². The minimum Gasteiger partial charge on any atom is -0.352 e. The molecule has 1 aliphatic carbocycles. The summed E-state index contributed by atoms with van der Waals surface area (Å²) in [6.07, 6.45) is 11.0. The van der Waals surface area contributed by atoms with Gasteiger partial charge in [-0.05, 0) is 62.6 Å². The summed E-state index contributed by atoms with van der Waals surface area (Å²) in [5.74, 6) is -0.0971. The number of carbonyl (C=O) groups is 1. The van der Waals surface area contributed by atoms with Crippen molar-refractivity contribution in [2.45, 2.75) is 57.1 Å². The Balaban J connectivity index is 1.50. The average molecular weight is 391 g/mol. The average Bonchev–Trinajstić information content (AvgIpc) is 2.70. The van der Waals surface area contributed by atoms with Crippen molar-refractivity contribution in [3.05, 3.63) is 47.0 Å². The minimum absolute atomic E-state index is 0.00303. The first-order chi connectivity index (χ1) is 13.0. The summed E-state index contributed by atoms with van der Waals surface area (Å²) in [5.41, 5.74) is 2.75. The second kappa shape index (κ2) is 9.51. The zero-order chi connectivity index (χ0) is 19.1. The molecular weight excluding hydrogens is 360 g/mol. The third kappa shape index (κ3) is 5.91. The fourth-order valence-electron chi connectivity index (χ4n) is 3.77. The summed E-state index contributed by atoms with van der Waals surface area (Å²) in [7, 11) is -3.27. The van der Waals surface area contributed by atoms with Crippen LogP contribution in [0, 0.1) is 0 Å². The molecule has 0 atom stereocenters. The highest BCUT2D eigenvalue weighted by molar-refractivity contribution is 7.88. The van der Waals surface area contributed by atoms with Crippen LogP contribution in [0.15, 0.2) is 35.9 Å². The maximum Gasteiger partial charge on any atom is 0.251 e. The second-order valence-corrected chi connectivity index (χ2v) is 9.50. The van der Waals surface area contributed by atoms with Crippen LogP contribution >= 0.6 is 0 Å². The van der Waals surface area contributed by atoms with Crippen molar-refractivity contribution in [1.82, 2.24) is 9.62 Å². The van der Waals surface area contributed by atoms with Gasteiger partial charge in [0.25, 0.3) is 5.91 Å². The lowest BCUT2D eigenvalue weighted by atomic mass is 9.97. The van der Waals surface area contributed by atoms with Crippen LogP contribution in [0.25, 0.3) is 0 Å². The Labute approximate surface area is 162 Å². The van der Waals surface area contributed by atoms with Crippen molar-refractivity contribution in [3.8, 4) is 0 Å². The number of sulfonamides is 1. The number of rotatable bonds is 7. The van der Waals surface area contributed by atoms with Crippen molar-refractivity contribution in [2.24, 2.45) is 0 Å². The van der Waals surface area contributed by atoms with Crippen LogP contribution in [0.3, 0.4) is 0 Å². The highest BCUT2D eigenvalue weighted by Gasteiger charge is 2.24. The van der Waals surface area contributed by atoms with Crippen LogP contribution in [0.2, 0.25) is 0 Å². The van der Waals surface area contributed by atoms with Crippen molar-refractivity contribution in [1.29, 1.82) is 0 Å². The number of allylic oxidation sites excluding steroid dienone is 1. The van der Waals surface area contributed by atoms with Gasteiger partial charge in [-0.1, -0.05) is 30.2 Å². The van der Waals surface area contributed by atoms with E-state index in [4.69, 9.17) is 0 Å². The molecule has 0 radical (unpaired) electrons. The molecule has 0 spiro atoms.